The lowest BCUT2D eigenvalue weighted by molar-refractivity contribution is -0.135. The smallest absolute Gasteiger partial charge is 0.247 e. The summed E-state index contributed by atoms with van der Waals surface area (Å²) in [5, 5.41) is 0. The summed E-state index contributed by atoms with van der Waals surface area (Å²) in [6, 6.07) is 17.3. The van der Waals surface area contributed by atoms with Crippen LogP contribution in [0.15, 0.2) is 59.0 Å². The van der Waals surface area contributed by atoms with Crippen molar-refractivity contribution >= 4 is 5.91 Å². The van der Waals surface area contributed by atoms with Crippen LogP contribution >= 0.6 is 0 Å². The van der Waals surface area contributed by atoms with Crippen molar-refractivity contribution in [2.75, 3.05) is 19.7 Å². The Labute approximate surface area is 169 Å². The fourth-order valence-electron chi connectivity index (χ4n) is 3.25. The topological polar surface area (TPSA) is 90.8 Å². The van der Waals surface area contributed by atoms with Crippen LogP contribution in [0.1, 0.15) is 11.5 Å². The van der Waals surface area contributed by atoms with Gasteiger partial charge in [0.25, 0.3) is 0 Å². The number of primary amides is 1. The van der Waals surface area contributed by atoms with Crippen molar-refractivity contribution in [2.24, 2.45) is 5.73 Å². The lowest BCUT2D eigenvalue weighted by Gasteiger charge is -2.30. The van der Waals surface area contributed by atoms with Gasteiger partial charge in [-0.05, 0) is 37.3 Å². The van der Waals surface area contributed by atoms with Crippen molar-refractivity contribution in [2.45, 2.75) is 19.6 Å². The van der Waals surface area contributed by atoms with E-state index in [4.69, 9.17) is 19.6 Å². The number of hydrogen-bond acceptors (Lipinski definition) is 6. The van der Waals surface area contributed by atoms with Gasteiger partial charge in [-0.2, -0.15) is 0 Å². The zero-order valence-electron chi connectivity index (χ0n) is 16.2. The highest BCUT2D eigenvalue weighted by Gasteiger charge is 2.26. The molecule has 0 saturated carbocycles. The fraction of sp³-hybridized carbons (Fsp3) is 0.273. The molecule has 2 heterocycles. The van der Waals surface area contributed by atoms with Gasteiger partial charge in [0, 0.05) is 25.2 Å². The second-order valence-electron chi connectivity index (χ2n) is 6.96. The first kappa shape index (κ1) is 19.2. The van der Waals surface area contributed by atoms with E-state index in [1.165, 1.54) is 0 Å². The van der Waals surface area contributed by atoms with Crippen molar-refractivity contribution in [3.8, 4) is 23.0 Å². The van der Waals surface area contributed by atoms with Crippen molar-refractivity contribution in [3.05, 3.63) is 66.1 Å². The molecule has 1 aliphatic rings. The molecule has 0 aliphatic carbocycles. The molecule has 150 valence electrons. The summed E-state index contributed by atoms with van der Waals surface area (Å²) in [6.45, 7) is 4.10. The summed E-state index contributed by atoms with van der Waals surface area (Å²) >= 11 is 0. The number of amides is 1. The number of aromatic nitrogens is 1. The van der Waals surface area contributed by atoms with Crippen LogP contribution in [0.2, 0.25) is 0 Å². The van der Waals surface area contributed by atoms with Crippen molar-refractivity contribution in [3.63, 3.8) is 0 Å². The first-order valence-corrected chi connectivity index (χ1v) is 9.51. The van der Waals surface area contributed by atoms with Crippen LogP contribution < -0.4 is 10.5 Å². The van der Waals surface area contributed by atoms with Crippen molar-refractivity contribution < 1.29 is 18.7 Å². The number of rotatable bonds is 6. The van der Waals surface area contributed by atoms with Crippen LogP contribution in [0.3, 0.4) is 0 Å². The van der Waals surface area contributed by atoms with Gasteiger partial charge in [-0.25, -0.2) is 4.98 Å². The molecule has 1 atom stereocenters. The highest BCUT2D eigenvalue weighted by molar-refractivity contribution is 5.79. The van der Waals surface area contributed by atoms with Gasteiger partial charge < -0.3 is 19.6 Å². The normalized spacial score (nSPS) is 17.2. The van der Waals surface area contributed by atoms with Gasteiger partial charge in [-0.1, -0.05) is 24.3 Å². The van der Waals surface area contributed by atoms with Crippen LogP contribution in [0.25, 0.3) is 11.5 Å². The number of ether oxygens (including phenoxy) is 2. The van der Waals surface area contributed by atoms with E-state index in [1.807, 2.05) is 61.5 Å². The molecule has 1 aromatic heterocycles. The minimum Gasteiger partial charge on any atom is -0.457 e. The lowest BCUT2D eigenvalue weighted by Crippen LogP contribution is -2.48. The van der Waals surface area contributed by atoms with Crippen LogP contribution in [-0.4, -0.2) is 41.6 Å². The third-order valence-electron chi connectivity index (χ3n) is 4.79. The molecule has 0 unspecified atom stereocenters. The largest absolute Gasteiger partial charge is 0.457 e. The van der Waals surface area contributed by atoms with E-state index >= 15 is 0 Å². The number of nitrogens with two attached hydrogens (primary N) is 1. The monoisotopic (exact) mass is 393 g/mol. The summed E-state index contributed by atoms with van der Waals surface area (Å²) in [5.74, 6) is 2.32. The molecule has 7 nitrogen and oxygen atoms in total. The van der Waals surface area contributed by atoms with Crippen LogP contribution in [-0.2, 0) is 16.1 Å². The molecule has 0 radical (unpaired) electrons. The van der Waals surface area contributed by atoms with E-state index in [1.54, 1.807) is 0 Å². The van der Waals surface area contributed by atoms with Crippen molar-refractivity contribution in [1.82, 2.24) is 9.88 Å². The summed E-state index contributed by atoms with van der Waals surface area (Å²) in [5.41, 5.74) is 7.04. The van der Waals surface area contributed by atoms with Gasteiger partial charge in [-0.15, -0.1) is 0 Å². The molecule has 0 spiro atoms. The van der Waals surface area contributed by atoms with Gasteiger partial charge in [0.05, 0.1) is 12.3 Å². The van der Waals surface area contributed by atoms with E-state index in [0.717, 1.165) is 22.8 Å². The summed E-state index contributed by atoms with van der Waals surface area (Å²) < 4.78 is 17.2. The molecule has 7 heteroatoms. The summed E-state index contributed by atoms with van der Waals surface area (Å²) in [4.78, 5) is 18.2. The lowest BCUT2D eigenvalue weighted by atomic mass is 10.2. The molecule has 1 amide bonds. The average molecular weight is 393 g/mol. The number of para-hydroxylation sites is 1. The Morgan fingerprint density at radius 2 is 2.00 bits per heavy atom. The van der Waals surface area contributed by atoms with Crippen LogP contribution in [0.5, 0.6) is 11.5 Å². The van der Waals surface area contributed by atoms with E-state index in [0.29, 0.717) is 37.9 Å². The zero-order valence-corrected chi connectivity index (χ0v) is 16.2. The molecule has 2 aromatic carbocycles. The quantitative estimate of drug-likeness (QED) is 0.692. The highest BCUT2D eigenvalue weighted by Crippen LogP contribution is 2.28. The number of benzene rings is 2. The summed E-state index contributed by atoms with van der Waals surface area (Å²) in [7, 11) is 0. The number of carbonyl (C=O) groups excluding carboxylic acids is 1. The number of morpholine rings is 1. The Morgan fingerprint density at radius 1 is 1.21 bits per heavy atom. The van der Waals surface area contributed by atoms with E-state index in [-0.39, 0.29) is 0 Å². The molecule has 29 heavy (non-hydrogen) atoms. The number of nitrogens with zero attached hydrogens (tertiary/aromatic N) is 2. The van der Waals surface area contributed by atoms with Gasteiger partial charge in [0.2, 0.25) is 11.8 Å². The Hall–Kier alpha value is -3.16. The molecule has 3 aromatic rings. The van der Waals surface area contributed by atoms with Gasteiger partial charge in [0.1, 0.15) is 23.4 Å². The van der Waals surface area contributed by atoms with E-state index < -0.39 is 12.0 Å². The fourth-order valence-corrected chi connectivity index (χ4v) is 3.25. The first-order chi connectivity index (χ1) is 14.1. The van der Waals surface area contributed by atoms with Crippen LogP contribution in [0, 0.1) is 6.92 Å². The maximum atomic E-state index is 11.4. The standard InChI is InChI=1S/C22H23N3O4/c1-15-19(13-25-10-11-27-20(14-25)21(23)26)24-22(28-15)16-6-5-9-18(12-16)29-17-7-3-2-4-8-17/h2-9,12,20H,10-11,13-14H2,1H3,(H2,23,26)/t20-/m0/s1. The molecule has 4 rings (SSSR count). The zero-order chi connectivity index (χ0) is 20.2. The van der Waals surface area contributed by atoms with E-state index in [2.05, 4.69) is 9.88 Å². The molecule has 1 saturated heterocycles. The van der Waals surface area contributed by atoms with Crippen molar-refractivity contribution in [1.29, 1.82) is 0 Å². The average Bonchev–Trinajstić information content (AvgIpc) is 3.09. The molecule has 1 fully saturated rings. The second kappa shape index (κ2) is 8.46. The molecule has 2 N–H and O–H groups in total. The maximum Gasteiger partial charge on any atom is 0.247 e. The maximum absolute atomic E-state index is 11.4. The summed E-state index contributed by atoms with van der Waals surface area (Å²) in [6.07, 6.45) is -0.581. The van der Waals surface area contributed by atoms with E-state index in [9.17, 15) is 4.79 Å². The molecular weight excluding hydrogens is 370 g/mol. The number of aryl methyl sites for hydroxylation is 1. The number of hydrogen-bond donors (Lipinski definition) is 1. The minimum absolute atomic E-state index is 0.442. The van der Waals surface area contributed by atoms with Gasteiger partial charge >= 0.3 is 0 Å². The van der Waals surface area contributed by atoms with Gasteiger partial charge in [-0.3, -0.25) is 9.69 Å². The first-order valence-electron chi connectivity index (χ1n) is 9.51. The predicted octanol–water partition coefficient (Wildman–Crippen LogP) is 3.13. The highest BCUT2D eigenvalue weighted by atomic mass is 16.5. The number of oxazole rings is 1. The Morgan fingerprint density at radius 3 is 2.79 bits per heavy atom. The Bertz CT molecular complexity index is 987. The third-order valence-corrected chi connectivity index (χ3v) is 4.79. The molecular formula is C22H23N3O4. The predicted molar refractivity (Wildman–Crippen MR) is 107 cm³/mol. The SMILES string of the molecule is Cc1oc(-c2cccc(Oc3ccccc3)c2)nc1CN1CCO[C@H](C(N)=O)C1. The molecule has 1 aliphatic heterocycles. The number of carbonyl (C=O) groups is 1. The third kappa shape index (κ3) is 4.64. The minimum atomic E-state index is -0.581. The van der Waals surface area contributed by atoms with Crippen LogP contribution in [0.4, 0.5) is 0 Å². The second-order valence-corrected chi connectivity index (χ2v) is 6.96. The molecule has 0 bridgehead atoms. The van der Waals surface area contributed by atoms with Gasteiger partial charge in [0.15, 0.2) is 0 Å². The Kier molecular flexibility index (Phi) is 5.59. The Balaban J connectivity index is 1.49.